The van der Waals surface area contributed by atoms with E-state index >= 15 is 0 Å². The van der Waals surface area contributed by atoms with Gasteiger partial charge in [0.15, 0.2) is 0 Å². The Labute approximate surface area is 150 Å². The fraction of sp³-hybridized carbons (Fsp3) is 0.316. The predicted octanol–water partition coefficient (Wildman–Crippen LogP) is 4.85. The van der Waals surface area contributed by atoms with Gasteiger partial charge in [0.05, 0.1) is 10.2 Å². The molecule has 1 N–H and O–H groups in total. The largest absolute Gasteiger partial charge is 0.350 e. The summed E-state index contributed by atoms with van der Waals surface area (Å²) < 4.78 is 3.26. The lowest BCUT2D eigenvalue weighted by molar-refractivity contribution is 0.0943. The van der Waals surface area contributed by atoms with Gasteiger partial charge in [-0.05, 0) is 55.5 Å². The van der Waals surface area contributed by atoms with Crippen molar-refractivity contribution in [3.05, 3.63) is 57.6 Å². The molecule has 3 nitrogen and oxygen atoms in total. The molecule has 1 aliphatic rings. The monoisotopic (exact) mass is 358 g/mol. The van der Waals surface area contributed by atoms with E-state index in [9.17, 15) is 4.79 Å². The van der Waals surface area contributed by atoms with Crippen LogP contribution in [-0.2, 0) is 6.54 Å². The Morgan fingerprint density at radius 2 is 2.17 bits per heavy atom. The number of thiophene rings is 1. The van der Waals surface area contributed by atoms with Crippen LogP contribution in [0.2, 0.25) is 5.02 Å². The first-order valence-corrected chi connectivity index (χ1v) is 9.42. The van der Waals surface area contributed by atoms with Gasteiger partial charge < -0.3 is 9.88 Å². The molecule has 0 bridgehead atoms. The third-order valence-electron chi connectivity index (χ3n) is 4.42. The highest BCUT2D eigenvalue weighted by molar-refractivity contribution is 7.19. The summed E-state index contributed by atoms with van der Waals surface area (Å²) in [5.74, 6) is 0.693. The molecular weight excluding hydrogens is 340 g/mol. The number of hydrogen-bond donors (Lipinski definition) is 1. The van der Waals surface area contributed by atoms with Gasteiger partial charge in [-0.3, -0.25) is 4.79 Å². The van der Waals surface area contributed by atoms with E-state index in [1.165, 1.54) is 17.7 Å². The highest BCUT2D eigenvalue weighted by atomic mass is 35.5. The van der Waals surface area contributed by atoms with Gasteiger partial charge in [0.2, 0.25) is 0 Å². The maximum atomic E-state index is 12.7. The summed E-state index contributed by atoms with van der Waals surface area (Å²) in [5, 5.41) is 3.80. The summed E-state index contributed by atoms with van der Waals surface area (Å²) in [7, 11) is 0. The number of aryl methyl sites for hydroxylation is 1. The van der Waals surface area contributed by atoms with Gasteiger partial charge >= 0.3 is 0 Å². The Morgan fingerprint density at radius 1 is 1.33 bits per heavy atom. The standard InChI is InChI=1S/C19H19ClN2OS/c1-12-7-16-18(24-12)9-17(19(23)21-10-13-5-6-13)22(16)11-14-3-2-4-15(20)8-14/h2-4,7-9,13H,5-6,10-11H2,1H3,(H,21,23). The molecule has 2 aromatic heterocycles. The van der Waals surface area contributed by atoms with E-state index in [4.69, 9.17) is 11.6 Å². The third-order valence-corrected chi connectivity index (χ3v) is 5.65. The number of aromatic nitrogens is 1. The number of carbonyl (C=O) groups excluding carboxylic acids is 1. The van der Waals surface area contributed by atoms with Crippen LogP contribution in [0.15, 0.2) is 36.4 Å². The molecule has 0 atom stereocenters. The van der Waals surface area contributed by atoms with Crippen molar-refractivity contribution in [1.82, 2.24) is 9.88 Å². The lowest BCUT2D eigenvalue weighted by Gasteiger charge is -2.11. The third kappa shape index (κ3) is 3.21. The number of halogens is 1. The summed E-state index contributed by atoms with van der Waals surface area (Å²) in [5.41, 5.74) is 2.95. The smallest absolute Gasteiger partial charge is 0.267 e. The molecule has 0 unspecified atom stereocenters. The van der Waals surface area contributed by atoms with Crippen molar-refractivity contribution in [2.45, 2.75) is 26.3 Å². The van der Waals surface area contributed by atoms with Gasteiger partial charge in [0, 0.05) is 23.0 Å². The summed E-state index contributed by atoms with van der Waals surface area (Å²) in [6, 6.07) is 12.0. The number of nitrogens with zero attached hydrogens (tertiary/aromatic N) is 1. The Kier molecular flexibility index (Phi) is 4.10. The summed E-state index contributed by atoms with van der Waals surface area (Å²) in [6.07, 6.45) is 2.47. The fourth-order valence-electron chi connectivity index (χ4n) is 2.99. The molecule has 3 aromatic rings. The topological polar surface area (TPSA) is 34.0 Å². The number of fused-ring (bicyclic) bond motifs is 1. The lowest BCUT2D eigenvalue weighted by Crippen LogP contribution is -2.27. The minimum atomic E-state index is 0.0185. The van der Waals surface area contributed by atoms with E-state index in [0.29, 0.717) is 12.5 Å². The van der Waals surface area contributed by atoms with Crippen LogP contribution in [0, 0.1) is 12.8 Å². The molecule has 1 saturated carbocycles. The molecular formula is C19H19ClN2OS. The Morgan fingerprint density at radius 3 is 2.92 bits per heavy atom. The van der Waals surface area contributed by atoms with Crippen molar-refractivity contribution in [2.24, 2.45) is 5.92 Å². The van der Waals surface area contributed by atoms with E-state index in [1.54, 1.807) is 11.3 Å². The van der Waals surface area contributed by atoms with Crippen LogP contribution in [0.1, 0.15) is 33.8 Å². The second kappa shape index (κ2) is 6.26. The molecule has 0 spiro atoms. The van der Waals surface area contributed by atoms with Crippen molar-refractivity contribution in [3.63, 3.8) is 0 Å². The van der Waals surface area contributed by atoms with Crippen LogP contribution in [0.5, 0.6) is 0 Å². The zero-order chi connectivity index (χ0) is 16.7. The molecule has 124 valence electrons. The van der Waals surface area contributed by atoms with E-state index in [2.05, 4.69) is 22.9 Å². The molecule has 1 aliphatic carbocycles. The van der Waals surface area contributed by atoms with E-state index < -0.39 is 0 Å². The zero-order valence-corrected chi connectivity index (χ0v) is 15.1. The first-order valence-electron chi connectivity index (χ1n) is 8.22. The Balaban J connectivity index is 1.69. The number of amides is 1. The molecule has 4 rings (SSSR count). The molecule has 1 amide bonds. The van der Waals surface area contributed by atoms with Gasteiger partial charge in [-0.15, -0.1) is 11.3 Å². The normalized spacial score (nSPS) is 14.2. The molecule has 2 heterocycles. The Bertz CT molecular complexity index is 907. The van der Waals surface area contributed by atoms with Crippen LogP contribution in [0.3, 0.4) is 0 Å². The van der Waals surface area contributed by atoms with Gasteiger partial charge in [-0.1, -0.05) is 23.7 Å². The number of rotatable bonds is 5. The minimum absolute atomic E-state index is 0.0185. The number of hydrogen-bond acceptors (Lipinski definition) is 2. The van der Waals surface area contributed by atoms with E-state index in [-0.39, 0.29) is 5.91 Å². The minimum Gasteiger partial charge on any atom is -0.350 e. The second-order valence-corrected chi connectivity index (χ2v) is 8.23. The molecule has 5 heteroatoms. The average Bonchev–Trinajstić information content (AvgIpc) is 3.22. The summed E-state index contributed by atoms with van der Waals surface area (Å²) >= 11 is 7.84. The van der Waals surface area contributed by atoms with Gasteiger partial charge in [-0.25, -0.2) is 0 Å². The Hall–Kier alpha value is -1.78. The second-order valence-electron chi connectivity index (χ2n) is 6.51. The molecule has 0 radical (unpaired) electrons. The lowest BCUT2D eigenvalue weighted by atomic mass is 10.2. The van der Waals surface area contributed by atoms with Crippen LogP contribution in [0.25, 0.3) is 10.2 Å². The number of nitrogens with one attached hydrogen (secondary N) is 1. The molecule has 1 aromatic carbocycles. The quantitative estimate of drug-likeness (QED) is 0.694. The highest BCUT2D eigenvalue weighted by Gasteiger charge is 2.23. The van der Waals surface area contributed by atoms with Crippen molar-refractivity contribution in [1.29, 1.82) is 0 Å². The molecule has 24 heavy (non-hydrogen) atoms. The first kappa shape index (κ1) is 15.7. The SMILES string of the molecule is Cc1cc2c(cc(C(=O)NCC3CC3)n2Cc2cccc(Cl)c2)s1. The van der Waals surface area contributed by atoms with Gasteiger partial charge in [0.25, 0.3) is 5.91 Å². The van der Waals surface area contributed by atoms with Crippen LogP contribution in [-0.4, -0.2) is 17.0 Å². The molecule has 0 aliphatic heterocycles. The van der Waals surface area contributed by atoms with E-state index in [0.717, 1.165) is 33.0 Å². The summed E-state index contributed by atoms with van der Waals surface area (Å²) in [6.45, 7) is 3.53. The van der Waals surface area contributed by atoms with Crippen molar-refractivity contribution in [2.75, 3.05) is 6.54 Å². The predicted molar refractivity (Wildman–Crippen MR) is 100 cm³/mol. The van der Waals surface area contributed by atoms with Crippen molar-refractivity contribution >= 4 is 39.1 Å². The maximum Gasteiger partial charge on any atom is 0.267 e. The first-order chi connectivity index (χ1) is 11.6. The summed E-state index contributed by atoms with van der Waals surface area (Å²) in [4.78, 5) is 13.9. The highest BCUT2D eigenvalue weighted by Crippen LogP contribution is 2.30. The van der Waals surface area contributed by atoms with Crippen LogP contribution in [0.4, 0.5) is 0 Å². The van der Waals surface area contributed by atoms with Gasteiger partial charge in [-0.2, -0.15) is 0 Å². The van der Waals surface area contributed by atoms with Gasteiger partial charge in [0.1, 0.15) is 5.69 Å². The fourth-order valence-corrected chi connectivity index (χ4v) is 4.17. The van der Waals surface area contributed by atoms with Crippen LogP contribution < -0.4 is 5.32 Å². The average molecular weight is 359 g/mol. The van der Waals surface area contributed by atoms with Crippen molar-refractivity contribution < 1.29 is 4.79 Å². The van der Waals surface area contributed by atoms with Crippen LogP contribution >= 0.6 is 22.9 Å². The number of benzene rings is 1. The number of carbonyl (C=O) groups is 1. The maximum absolute atomic E-state index is 12.7. The molecule has 1 fully saturated rings. The zero-order valence-electron chi connectivity index (χ0n) is 13.5. The van der Waals surface area contributed by atoms with E-state index in [1.807, 2.05) is 30.3 Å². The molecule has 0 saturated heterocycles. The van der Waals surface area contributed by atoms with Crippen molar-refractivity contribution in [3.8, 4) is 0 Å².